The second-order valence-electron chi connectivity index (χ2n) is 7.53. The molecule has 2 aromatic heterocycles. The number of alkyl halides is 3. The minimum atomic E-state index is -4.84. The van der Waals surface area contributed by atoms with E-state index in [4.69, 9.17) is 4.74 Å². The molecule has 0 unspecified atom stereocenters. The molecule has 15 heteroatoms. The fraction of sp³-hybridized carbons (Fsp3) is 0.0909. The number of benzene rings is 2. The normalized spacial score (nSPS) is 11.2. The molecule has 0 bridgehead atoms. The molecule has 0 spiro atoms. The molecule has 0 aliphatic carbocycles. The van der Waals surface area contributed by atoms with E-state index in [1.807, 2.05) is 0 Å². The van der Waals surface area contributed by atoms with Crippen molar-refractivity contribution < 1.29 is 32.9 Å². The third-order valence-electron chi connectivity index (χ3n) is 4.54. The summed E-state index contributed by atoms with van der Waals surface area (Å²) in [4.78, 5) is 20.4. The number of nitrogens with zero attached hydrogens (tertiary/aromatic N) is 3. The average Bonchev–Trinajstić information content (AvgIpc) is 3.17. The van der Waals surface area contributed by atoms with Crippen LogP contribution in [0.2, 0.25) is 0 Å². The molecule has 0 fully saturated rings. The van der Waals surface area contributed by atoms with E-state index in [0.717, 1.165) is 24.3 Å². The number of hydrogen-bond acceptors (Lipinski definition) is 8. The van der Waals surface area contributed by atoms with E-state index in [0.29, 0.717) is 22.2 Å². The Morgan fingerprint density at radius 2 is 1.68 bits per heavy atom. The lowest BCUT2D eigenvalue weighted by molar-refractivity contribution is -0.138. The maximum Gasteiger partial charge on any atom is 0.420 e. The van der Waals surface area contributed by atoms with Crippen LogP contribution in [-0.2, 0) is 6.18 Å². The van der Waals surface area contributed by atoms with Crippen LogP contribution in [0.15, 0.2) is 53.1 Å². The number of H-pyrrole nitrogens is 1. The molecular weight excluding hydrogens is 563 g/mol. The smallest absolute Gasteiger partial charge is 0.420 e. The van der Waals surface area contributed by atoms with E-state index in [2.05, 4.69) is 52.0 Å². The summed E-state index contributed by atoms with van der Waals surface area (Å²) >= 11 is 3.22. The molecule has 0 radical (unpaired) electrons. The maximum atomic E-state index is 13.8. The van der Waals surface area contributed by atoms with Crippen LogP contribution in [0.25, 0.3) is 0 Å². The second-order valence-corrected chi connectivity index (χ2v) is 8.39. The number of carbonyl (C=O) groups excluding carboxylic acids is 1. The molecule has 0 saturated carbocycles. The molecule has 4 aromatic rings. The van der Waals surface area contributed by atoms with Gasteiger partial charge in [-0.2, -0.15) is 23.3 Å². The topological polar surface area (TPSA) is 157 Å². The first kappa shape index (κ1) is 25.6. The zero-order chi connectivity index (χ0) is 26.7. The van der Waals surface area contributed by atoms with Gasteiger partial charge in [0.1, 0.15) is 33.2 Å². The van der Waals surface area contributed by atoms with Gasteiger partial charge >= 0.3 is 18.2 Å². The highest BCUT2D eigenvalue weighted by molar-refractivity contribution is 9.10. The zero-order valence-corrected chi connectivity index (χ0v) is 20.3. The monoisotopic (exact) mass is 579 g/mol. The summed E-state index contributed by atoms with van der Waals surface area (Å²) < 4.78 is 47.4. The summed E-state index contributed by atoms with van der Waals surface area (Å²) in [6.07, 6.45) is -4.84. The molecule has 6 N–H and O–H groups in total. The highest BCUT2D eigenvalue weighted by Crippen LogP contribution is 2.39. The molecule has 4 rings (SSSR count). The quantitative estimate of drug-likeness (QED) is 0.165. The molecule has 37 heavy (non-hydrogen) atoms. The van der Waals surface area contributed by atoms with E-state index < -0.39 is 23.5 Å². The lowest BCUT2D eigenvalue weighted by Crippen LogP contribution is -2.20. The predicted octanol–water partition coefficient (Wildman–Crippen LogP) is 5.88. The number of carbonyl (C=O) groups is 1. The van der Waals surface area contributed by atoms with Gasteiger partial charge in [-0.25, -0.2) is 9.78 Å². The van der Waals surface area contributed by atoms with Gasteiger partial charge in [0.05, 0.1) is 0 Å². The summed E-state index contributed by atoms with van der Waals surface area (Å²) in [5.74, 6) is -0.574. The number of aromatic nitrogens is 4. The number of aromatic hydroxyl groups is 2. The van der Waals surface area contributed by atoms with E-state index in [9.17, 15) is 28.2 Å². The van der Waals surface area contributed by atoms with Gasteiger partial charge in [-0.15, -0.1) is 0 Å². The van der Waals surface area contributed by atoms with Crippen molar-refractivity contribution in [3.8, 4) is 23.3 Å². The van der Waals surface area contributed by atoms with Crippen LogP contribution in [0.3, 0.4) is 0 Å². The van der Waals surface area contributed by atoms with Gasteiger partial charge in [0.15, 0.2) is 5.82 Å². The zero-order valence-electron chi connectivity index (χ0n) is 18.7. The highest BCUT2D eigenvalue weighted by Gasteiger charge is 2.35. The number of aryl methyl sites for hydroxylation is 1. The van der Waals surface area contributed by atoms with Gasteiger partial charge in [-0.1, -0.05) is 0 Å². The Morgan fingerprint density at radius 1 is 0.973 bits per heavy atom. The highest BCUT2D eigenvalue weighted by atomic mass is 79.9. The lowest BCUT2D eigenvalue weighted by atomic mass is 10.1. The van der Waals surface area contributed by atoms with Gasteiger partial charge in [0, 0.05) is 47.4 Å². The molecule has 0 saturated heterocycles. The third-order valence-corrected chi connectivity index (χ3v) is 4.95. The first-order valence-corrected chi connectivity index (χ1v) is 11.1. The Hall–Kier alpha value is -4.53. The molecule has 2 amide bonds. The first-order chi connectivity index (χ1) is 17.4. The largest absolute Gasteiger partial charge is 0.508 e. The van der Waals surface area contributed by atoms with Crippen LogP contribution in [0.4, 0.5) is 41.0 Å². The van der Waals surface area contributed by atoms with Crippen LogP contribution < -0.4 is 20.7 Å². The second kappa shape index (κ2) is 10.2. The van der Waals surface area contributed by atoms with Crippen molar-refractivity contribution in [2.24, 2.45) is 0 Å². The van der Waals surface area contributed by atoms with Crippen LogP contribution in [0.5, 0.6) is 23.3 Å². The van der Waals surface area contributed by atoms with Crippen molar-refractivity contribution in [2.45, 2.75) is 13.1 Å². The van der Waals surface area contributed by atoms with Crippen molar-refractivity contribution in [3.05, 3.63) is 64.4 Å². The Kier molecular flexibility index (Phi) is 7.06. The van der Waals surface area contributed by atoms with Crippen molar-refractivity contribution in [3.63, 3.8) is 0 Å². The van der Waals surface area contributed by atoms with Crippen molar-refractivity contribution in [1.29, 1.82) is 0 Å². The predicted molar refractivity (Wildman–Crippen MR) is 130 cm³/mol. The molecule has 11 nitrogen and oxygen atoms in total. The fourth-order valence-electron chi connectivity index (χ4n) is 3.12. The summed E-state index contributed by atoms with van der Waals surface area (Å²) in [5.41, 5.74) is -0.938. The summed E-state index contributed by atoms with van der Waals surface area (Å²) in [5, 5.41) is 33.1. The molecule has 192 valence electrons. The number of amides is 2. The Bertz CT molecular complexity index is 1440. The number of halogens is 4. The third kappa shape index (κ3) is 6.78. The number of rotatable bonds is 6. The Morgan fingerprint density at radius 3 is 2.32 bits per heavy atom. The lowest BCUT2D eigenvalue weighted by Gasteiger charge is -2.16. The van der Waals surface area contributed by atoms with E-state index in [1.165, 1.54) is 6.07 Å². The number of urea groups is 1. The first-order valence-electron chi connectivity index (χ1n) is 10.3. The number of ether oxygens (including phenoxy) is 1. The van der Waals surface area contributed by atoms with E-state index in [1.54, 1.807) is 19.1 Å². The van der Waals surface area contributed by atoms with E-state index >= 15 is 0 Å². The Labute approximate surface area is 214 Å². The number of hydrogen-bond donors (Lipinski definition) is 6. The standard InChI is InChI=1S/C22H17BrF3N7O4/c1-10-4-18(30-19-9-17(23)32-33-19)31-21(27-10)37-16-3-2-11(7-15(16)22(24,25)26)28-20(36)29-12-5-13(34)8-14(35)6-12/h2-9,34-35H,1H3,(H2,28,29,36)(H2,27,30,31,32,33). The summed E-state index contributed by atoms with van der Waals surface area (Å²) in [7, 11) is 0. The van der Waals surface area contributed by atoms with Gasteiger partial charge < -0.3 is 30.9 Å². The molecule has 2 aromatic carbocycles. The molecule has 0 aliphatic heterocycles. The number of phenolic OH excluding ortho intramolecular Hbond substituents is 2. The van der Waals surface area contributed by atoms with Crippen LogP contribution in [0, 0.1) is 6.92 Å². The molecule has 2 heterocycles. The van der Waals surface area contributed by atoms with Crippen LogP contribution in [0.1, 0.15) is 11.3 Å². The number of anilines is 4. The van der Waals surface area contributed by atoms with Crippen molar-refractivity contribution in [2.75, 3.05) is 16.0 Å². The van der Waals surface area contributed by atoms with Gasteiger partial charge in [0.25, 0.3) is 0 Å². The minimum absolute atomic E-state index is 0.0224. The fourth-order valence-corrected chi connectivity index (χ4v) is 3.43. The summed E-state index contributed by atoms with van der Waals surface area (Å²) in [6.45, 7) is 1.61. The SMILES string of the molecule is Cc1cc(Nc2cc(Br)[nH]n2)nc(Oc2ccc(NC(=O)Nc3cc(O)cc(O)c3)cc2C(F)(F)F)n1. The minimum Gasteiger partial charge on any atom is -0.508 e. The average molecular weight is 580 g/mol. The van der Waals surface area contributed by atoms with Crippen molar-refractivity contribution in [1.82, 2.24) is 20.2 Å². The van der Waals surface area contributed by atoms with E-state index in [-0.39, 0.29) is 34.7 Å². The van der Waals surface area contributed by atoms with Gasteiger partial charge in [-0.05, 0) is 41.1 Å². The number of nitrogens with one attached hydrogen (secondary N) is 4. The van der Waals surface area contributed by atoms with Crippen molar-refractivity contribution >= 4 is 45.0 Å². The number of phenols is 2. The maximum absolute atomic E-state index is 13.8. The molecule has 0 atom stereocenters. The molecule has 0 aliphatic rings. The van der Waals surface area contributed by atoms with Crippen LogP contribution >= 0.6 is 15.9 Å². The van der Waals surface area contributed by atoms with Gasteiger partial charge in [0.2, 0.25) is 0 Å². The van der Waals surface area contributed by atoms with Crippen LogP contribution in [-0.4, -0.2) is 36.4 Å². The Balaban J connectivity index is 1.54. The molecular formula is C22H17BrF3N7O4. The van der Waals surface area contributed by atoms with Gasteiger partial charge in [-0.3, -0.25) is 5.10 Å². The summed E-state index contributed by atoms with van der Waals surface area (Å²) in [6, 6.07) is 8.17. The number of aromatic amines is 1.